The van der Waals surface area contributed by atoms with Crippen LogP contribution < -0.4 is 5.73 Å². The number of rotatable bonds is 5. The second-order valence-corrected chi connectivity index (χ2v) is 6.58. The molecule has 3 nitrogen and oxygen atoms in total. The topological polar surface area (TPSA) is 32.5 Å². The monoisotopic (exact) mass is 257 g/mol. The van der Waals surface area contributed by atoms with Crippen molar-refractivity contribution in [3.8, 4) is 0 Å². The highest BCUT2D eigenvalue weighted by Gasteiger charge is 2.51. The molecule has 2 N–H and O–H groups in total. The van der Waals surface area contributed by atoms with E-state index in [0.29, 0.717) is 12.1 Å². The van der Waals surface area contributed by atoms with E-state index < -0.39 is 0 Å². The largest absolute Gasteiger partial charge is 0.329 e. The summed E-state index contributed by atoms with van der Waals surface area (Å²) in [5.74, 6) is 1.20. The predicted molar refractivity (Wildman–Crippen MR) is 76.6 cm³/mol. The Morgan fingerprint density at radius 1 is 1.53 bits per heavy atom. The molecule has 0 aliphatic carbocycles. The van der Waals surface area contributed by atoms with E-state index in [1.54, 1.807) is 0 Å². The van der Waals surface area contributed by atoms with Gasteiger partial charge in [0, 0.05) is 36.5 Å². The fourth-order valence-corrected chi connectivity index (χ4v) is 4.50. The van der Waals surface area contributed by atoms with Crippen LogP contribution in [0.4, 0.5) is 0 Å². The molecule has 2 fully saturated rings. The Bertz CT molecular complexity index is 261. The first kappa shape index (κ1) is 13.7. The molecule has 3 atom stereocenters. The van der Waals surface area contributed by atoms with E-state index in [4.69, 9.17) is 5.73 Å². The third kappa shape index (κ3) is 2.25. The van der Waals surface area contributed by atoms with E-state index in [1.807, 2.05) is 11.8 Å². The molecule has 2 rings (SSSR count). The summed E-state index contributed by atoms with van der Waals surface area (Å²) in [6, 6.07) is 1.33. The van der Waals surface area contributed by atoms with Gasteiger partial charge in [-0.25, -0.2) is 0 Å². The van der Waals surface area contributed by atoms with Crippen LogP contribution in [0.5, 0.6) is 0 Å². The highest BCUT2D eigenvalue weighted by atomic mass is 32.2. The number of thioether (sulfide) groups is 1. The summed E-state index contributed by atoms with van der Waals surface area (Å²) in [5, 5.41) is 0. The molecule has 2 saturated heterocycles. The lowest BCUT2D eigenvalue weighted by atomic mass is 9.86. The van der Waals surface area contributed by atoms with Crippen LogP contribution in [0.3, 0.4) is 0 Å². The normalized spacial score (nSPS) is 35.5. The molecular formula is C13H27N3S. The lowest BCUT2D eigenvalue weighted by Crippen LogP contribution is -2.61. The van der Waals surface area contributed by atoms with Crippen molar-refractivity contribution in [1.82, 2.24) is 9.80 Å². The van der Waals surface area contributed by atoms with Crippen LogP contribution in [0.1, 0.15) is 26.2 Å². The third-order valence-corrected chi connectivity index (χ3v) is 5.76. The minimum atomic E-state index is 0.242. The highest BCUT2D eigenvalue weighted by Crippen LogP contribution is 2.40. The minimum absolute atomic E-state index is 0.242. The van der Waals surface area contributed by atoms with Gasteiger partial charge in [-0.2, -0.15) is 11.8 Å². The summed E-state index contributed by atoms with van der Waals surface area (Å²) in [5.41, 5.74) is 6.43. The van der Waals surface area contributed by atoms with Gasteiger partial charge in [-0.3, -0.25) is 9.80 Å². The molecule has 2 aliphatic heterocycles. The fourth-order valence-electron chi connectivity index (χ4n) is 3.79. The molecule has 2 aliphatic rings. The first-order valence-corrected chi connectivity index (χ1v) is 8.21. The van der Waals surface area contributed by atoms with Crippen LogP contribution in [0, 0.1) is 0 Å². The lowest BCUT2D eigenvalue weighted by Gasteiger charge is -2.45. The van der Waals surface area contributed by atoms with E-state index in [2.05, 4.69) is 30.0 Å². The number of nitrogens with two attached hydrogens (primary N) is 1. The Balaban J connectivity index is 2.13. The van der Waals surface area contributed by atoms with Crippen molar-refractivity contribution < 1.29 is 0 Å². The number of nitrogens with zero attached hydrogens (tertiary/aromatic N) is 2. The molecular weight excluding hydrogens is 230 g/mol. The van der Waals surface area contributed by atoms with Crippen molar-refractivity contribution in [3.05, 3.63) is 0 Å². The molecule has 2 heterocycles. The van der Waals surface area contributed by atoms with Gasteiger partial charge in [-0.05, 0) is 46.0 Å². The smallest absolute Gasteiger partial charge is 0.0498 e. The van der Waals surface area contributed by atoms with Crippen molar-refractivity contribution in [1.29, 1.82) is 0 Å². The van der Waals surface area contributed by atoms with Gasteiger partial charge < -0.3 is 5.73 Å². The maximum absolute atomic E-state index is 6.18. The molecule has 0 aromatic rings. The van der Waals surface area contributed by atoms with Crippen molar-refractivity contribution in [3.63, 3.8) is 0 Å². The molecule has 4 heteroatoms. The van der Waals surface area contributed by atoms with Crippen LogP contribution >= 0.6 is 11.8 Å². The zero-order chi connectivity index (χ0) is 12.5. The first-order chi connectivity index (χ1) is 8.15. The van der Waals surface area contributed by atoms with Gasteiger partial charge in [0.05, 0.1) is 0 Å². The SMILES string of the molecule is CSCC(C)N(C)C1(CN)CCN2CCCC21. The predicted octanol–water partition coefficient (Wildman–Crippen LogP) is 1.24. The Morgan fingerprint density at radius 2 is 2.29 bits per heavy atom. The fraction of sp³-hybridized carbons (Fsp3) is 1.00. The molecule has 100 valence electrons. The average Bonchev–Trinajstić information content (AvgIpc) is 2.90. The number of hydrogen-bond acceptors (Lipinski definition) is 4. The lowest BCUT2D eigenvalue weighted by molar-refractivity contribution is 0.0656. The van der Waals surface area contributed by atoms with E-state index in [0.717, 1.165) is 6.54 Å². The van der Waals surface area contributed by atoms with Crippen molar-refractivity contribution >= 4 is 11.8 Å². The Labute approximate surface area is 110 Å². The zero-order valence-electron chi connectivity index (χ0n) is 11.5. The molecule has 0 bridgehead atoms. The van der Waals surface area contributed by atoms with Gasteiger partial charge in [0.25, 0.3) is 0 Å². The average molecular weight is 257 g/mol. The summed E-state index contributed by atoms with van der Waals surface area (Å²) in [6.45, 7) is 5.68. The molecule has 3 unspecified atom stereocenters. The molecule has 0 spiro atoms. The number of hydrogen-bond donors (Lipinski definition) is 1. The Hall–Kier alpha value is 0.230. The van der Waals surface area contributed by atoms with Crippen LogP contribution in [-0.2, 0) is 0 Å². The zero-order valence-corrected chi connectivity index (χ0v) is 12.3. The number of likely N-dealkylation sites (N-methyl/N-ethyl adjacent to an activating group) is 1. The standard InChI is InChI=1S/C13H27N3S/c1-11(9-17-3)15(2)13(10-14)6-8-16-7-4-5-12(13)16/h11-12H,4-10,14H2,1-3H3. The summed E-state index contributed by atoms with van der Waals surface area (Å²) < 4.78 is 0. The minimum Gasteiger partial charge on any atom is -0.329 e. The Kier molecular flexibility index (Phi) is 4.40. The van der Waals surface area contributed by atoms with Crippen molar-refractivity contribution in [2.24, 2.45) is 5.73 Å². The summed E-state index contributed by atoms with van der Waals surface area (Å²) in [4.78, 5) is 5.24. The van der Waals surface area contributed by atoms with Gasteiger partial charge in [-0.15, -0.1) is 0 Å². The van der Waals surface area contributed by atoms with Crippen LogP contribution in [-0.4, -0.2) is 66.1 Å². The van der Waals surface area contributed by atoms with E-state index in [9.17, 15) is 0 Å². The van der Waals surface area contributed by atoms with E-state index in [1.165, 1.54) is 38.1 Å². The maximum atomic E-state index is 6.18. The van der Waals surface area contributed by atoms with E-state index in [-0.39, 0.29) is 5.54 Å². The van der Waals surface area contributed by atoms with Crippen molar-refractivity contribution in [2.45, 2.75) is 43.8 Å². The van der Waals surface area contributed by atoms with Crippen molar-refractivity contribution in [2.75, 3.05) is 38.7 Å². The Morgan fingerprint density at radius 3 is 2.94 bits per heavy atom. The van der Waals surface area contributed by atoms with Gasteiger partial charge in [0.15, 0.2) is 0 Å². The molecule has 0 aromatic heterocycles. The molecule has 0 aromatic carbocycles. The quantitative estimate of drug-likeness (QED) is 0.803. The van der Waals surface area contributed by atoms with Crippen LogP contribution in [0.2, 0.25) is 0 Å². The molecule has 0 saturated carbocycles. The third-order valence-electron chi connectivity index (χ3n) is 4.94. The molecule has 17 heavy (non-hydrogen) atoms. The van der Waals surface area contributed by atoms with Gasteiger partial charge in [0.2, 0.25) is 0 Å². The molecule has 0 radical (unpaired) electrons. The van der Waals surface area contributed by atoms with Gasteiger partial charge >= 0.3 is 0 Å². The first-order valence-electron chi connectivity index (χ1n) is 6.81. The second kappa shape index (κ2) is 5.47. The maximum Gasteiger partial charge on any atom is 0.0498 e. The molecule has 0 amide bonds. The van der Waals surface area contributed by atoms with Crippen LogP contribution in [0.15, 0.2) is 0 Å². The van der Waals surface area contributed by atoms with Gasteiger partial charge in [0.1, 0.15) is 0 Å². The van der Waals surface area contributed by atoms with Crippen LogP contribution in [0.25, 0.3) is 0 Å². The highest BCUT2D eigenvalue weighted by molar-refractivity contribution is 7.98. The van der Waals surface area contributed by atoms with Gasteiger partial charge in [-0.1, -0.05) is 0 Å². The summed E-state index contributed by atoms with van der Waals surface area (Å²) in [7, 11) is 2.29. The summed E-state index contributed by atoms with van der Waals surface area (Å²) >= 11 is 1.94. The number of fused-ring (bicyclic) bond motifs is 1. The summed E-state index contributed by atoms with van der Waals surface area (Å²) in [6.07, 6.45) is 6.14. The van der Waals surface area contributed by atoms with E-state index >= 15 is 0 Å². The second-order valence-electron chi connectivity index (χ2n) is 5.67.